The average molecular weight is 372 g/mol. The number of piperidine rings is 1. The second-order valence-corrected chi connectivity index (χ2v) is 6.80. The standard InChI is InChI=1S/C17H23ClFN3O3/c1-11(17(25)20-15-9-12(18)3-4-14(15)19)22-7-5-13(6-8-22)21(2)10-16(23)24/h3-4,9,11,13H,5-8,10H2,1-2H3,(H,20,25)(H,23,24). The molecule has 1 amide bonds. The molecule has 1 atom stereocenters. The maximum absolute atomic E-state index is 13.7. The fourth-order valence-electron chi connectivity index (χ4n) is 3.05. The number of likely N-dealkylation sites (N-methyl/N-ethyl adjacent to an activating group) is 1. The Balaban J connectivity index is 1.89. The highest BCUT2D eigenvalue weighted by molar-refractivity contribution is 6.30. The molecule has 1 heterocycles. The van der Waals surface area contributed by atoms with Gasteiger partial charge in [0.05, 0.1) is 18.3 Å². The SMILES string of the molecule is CC(C(=O)Nc1cc(Cl)ccc1F)N1CCC(N(C)CC(=O)O)CC1. The number of carboxylic acid groups (broad SMARTS) is 1. The van der Waals surface area contributed by atoms with Crippen molar-refractivity contribution in [2.45, 2.75) is 31.8 Å². The summed E-state index contributed by atoms with van der Waals surface area (Å²) in [4.78, 5) is 27.0. The van der Waals surface area contributed by atoms with Crippen molar-refractivity contribution < 1.29 is 19.1 Å². The molecule has 0 aliphatic carbocycles. The Morgan fingerprint density at radius 2 is 2.08 bits per heavy atom. The van der Waals surface area contributed by atoms with Crippen LogP contribution in [-0.4, -0.2) is 65.5 Å². The van der Waals surface area contributed by atoms with Crippen LogP contribution in [0.4, 0.5) is 10.1 Å². The van der Waals surface area contributed by atoms with E-state index in [2.05, 4.69) is 5.32 Å². The molecule has 6 nitrogen and oxygen atoms in total. The number of hydrogen-bond acceptors (Lipinski definition) is 4. The average Bonchev–Trinajstić information content (AvgIpc) is 2.57. The highest BCUT2D eigenvalue weighted by Gasteiger charge is 2.29. The lowest BCUT2D eigenvalue weighted by Crippen LogP contribution is -2.50. The van der Waals surface area contributed by atoms with Crippen molar-refractivity contribution in [2.24, 2.45) is 0 Å². The number of likely N-dealkylation sites (tertiary alicyclic amines) is 1. The number of nitrogens with one attached hydrogen (secondary N) is 1. The van der Waals surface area contributed by atoms with Crippen LogP contribution in [0.25, 0.3) is 0 Å². The van der Waals surface area contributed by atoms with Crippen LogP contribution in [0.3, 0.4) is 0 Å². The summed E-state index contributed by atoms with van der Waals surface area (Å²) in [7, 11) is 1.80. The van der Waals surface area contributed by atoms with Crippen molar-refractivity contribution in [3.8, 4) is 0 Å². The molecule has 0 saturated carbocycles. The summed E-state index contributed by atoms with van der Waals surface area (Å²) in [6.45, 7) is 3.15. The number of amides is 1. The van der Waals surface area contributed by atoms with Gasteiger partial charge in [0.2, 0.25) is 5.91 Å². The Hall–Kier alpha value is -1.70. The number of nitrogens with zero attached hydrogens (tertiary/aromatic N) is 2. The number of anilines is 1. The van der Waals surface area contributed by atoms with Gasteiger partial charge in [-0.2, -0.15) is 0 Å². The Kier molecular flexibility index (Phi) is 6.75. The summed E-state index contributed by atoms with van der Waals surface area (Å²) in [5.74, 6) is -1.67. The van der Waals surface area contributed by atoms with E-state index in [1.807, 2.05) is 9.80 Å². The van der Waals surface area contributed by atoms with E-state index in [0.717, 1.165) is 12.8 Å². The quantitative estimate of drug-likeness (QED) is 0.802. The third kappa shape index (κ3) is 5.39. The van der Waals surface area contributed by atoms with E-state index in [9.17, 15) is 14.0 Å². The molecular formula is C17H23ClFN3O3. The number of hydrogen-bond donors (Lipinski definition) is 2. The van der Waals surface area contributed by atoms with Crippen LogP contribution >= 0.6 is 11.6 Å². The van der Waals surface area contributed by atoms with Crippen LogP contribution < -0.4 is 5.32 Å². The Morgan fingerprint density at radius 3 is 2.68 bits per heavy atom. The number of halogens is 2. The Morgan fingerprint density at radius 1 is 1.44 bits per heavy atom. The minimum absolute atomic E-state index is 0.00868. The van der Waals surface area contributed by atoms with Crippen molar-refractivity contribution in [3.63, 3.8) is 0 Å². The van der Waals surface area contributed by atoms with E-state index in [-0.39, 0.29) is 24.2 Å². The zero-order chi connectivity index (χ0) is 18.6. The number of carbonyl (C=O) groups excluding carboxylic acids is 1. The van der Waals surface area contributed by atoms with Gasteiger partial charge in [0, 0.05) is 24.2 Å². The second kappa shape index (κ2) is 8.60. The molecule has 2 N–H and O–H groups in total. The molecule has 1 unspecified atom stereocenters. The molecule has 0 bridgehead atoms. The number of aliphatic carboxylic acids is 1. The monoisotopic (exact) mass is 371 g/mol. The van der Waals surface area contributed by atoms with Gasteiger partial charge >= 0.3 is 5.97 Å². The lowest BCUT2D eigenvalue weighted by molar-refractivity contribution is -0.138. The molecule has 1 aromatic carbocycles. The maximum Gasteiger partial charge on any atom is 0.317 e. The number of carbonyl (C=O) groups is 2. The third-order valence-electron chi connectivity index (χ3n) is 4.62. The van der Waals surface area contributed by atoms with Gasteiger partial charge in [0.15, 0.2) is 0 Å². The van der Waals surface area contributed by atoms with Crippen molar-refractivity contribution in [1.29, 1.82) is 0 Å². The van der Waals surface area contributed by atoms with Gasteiger partial charge in [-0.15, -0.1) is 0 Å². The summed E-state index contributed by atoms with van der Waals surface area (Å²) < 4.78 is 13.7. The third-order valence-corrected chi connectivity index (χ3v) is 4.86. The second-order valence-electron chi connectivity index (χ2n) is 6.37. The maximum atomic E-state index is 13.7. The first-order valence-corrected chi connectivity index (χ1v) is 8.57. The molecule has 0 radical (unpaired) electrons. The lowest BCUT2D eigenvalue weighted by atomic mass is 10.0. The zero-order valence-electron chi connectivity index (χ0n) is 14.3. The summed E-state index contributed by atoms with van der Waals surface area (Å²) in [5.41, 5.74) is 0.0698. The summed E-state index contributed by atoms with van der Waals surface area (Å²) in [6, 6.07) is 3.80. The molecule has 1 aromatic rings. The largest absolute Gasteiger partial charge is 0.480 e. The number of rotatable bonds is 6. The summed E-state index contributed by atoms with van der Waals surface area (Å²) in [6.07, 6.45) is 1.57. The van der Waals surface area contributed by atoms with Crippen molar-refractivity contribution in [2.75, 3.05) is 32.0 Å². The minimum atomic E-state index is -0.846. The van der Waals surface area contributed by atoms with Crippen LogP contribution in [0, 0.1) is 5.82 Å². The molecule has 0 spiro atoms. The normalized spacial score (nSPS) is 17.5. The minimum Gasteiger partial charge on any atom is -0.480 e. The van der Waals surface area contributed by atoms with Crippen LogP contribution in [0.15, 0.2) is 18.2 Å². The van der Waals surface area contributed by atoms with E-state index in [0.29, 0.717) is 18.1 Å². The number of benzene rings is 1. The van der Waals surface area contributed by atoms with Crippen LogP contribution in [0.2, 0.25) is 5.02 Å². The first-order chi connectivity index (χ1) is 11.8. The van der Waals surface area contributed by atoms with Gasteiger partial charge in [0.1, 0.15) is 5.82 Å². The first kappa shape index (κ1) is 19.6. The van der Waals surface area contributed by atoms with Crippen LogP contribution in [0.1, 0.15) is 19.8 Å². The first-order valence-electron chi connectivity index (χ1n) is 8.20. The predicted molar refractivity (Wildman–Crippen MR) is 94.4 cm³/mol. The van der Waals surface area contributed by atoms with Gasteiger partial charge in [-0.3, -0.25) is 19.4 Å². The van der Waals surface area contributed by atoms with E-state index < -0.39 is 17.8 Å². The van der Waals surface area contributed by atoms with Crippen molar-refractivity contribution in [3.05, 3.63) is 29.0 Å². The molecule has 25 heavy (non-hydrogen) atoms. The van der Waals surface area contributed by atoms with Crippen molar-refractivity contribution >= 4 is 29.2 Å². The van der Waals surface area contributed by atoms with Gasteiger partial charge in [-0.1, -0.05) is 11.6 Å². The van der Waals surface area contributed by atoms with E-state index in [1.165, 1.54) is 18.2 Å². The predicted octanol–water partition coefficient (Wildman–Crippen LogP) is 2.29. The van der Waals surface area contributed by atoms with Gasteiger partial charge in [-0.25, -0.2) is 4.39 Å². The molecule has 2 rings (SSSR count). The lowest BCUT2D eigenvalue weighted by Gasteiger charge is -2.38. The zero-order valence-corrected chi connectivity index (χ0v) is 15.1. The van der Waals surface area contributed by atoms with Gasteiger partial charge in [-0.05, 0) is 45.0 Å². The molecule has 138 valence electrons. The molecule has 1 aliphatic rings. The summed E-state index contributed by atoms with van der Waals surface area (Å²) >= 11 is 5.84. The molecule has 0 aromatic heterocycles. The molecule has 1 aliphatic heterocycles. The highest BCUT2D eigenvalue weighted by Crippen LogP contribution is 2.21. The molecule has 8 heteroatoms. The smallest absolute Gasteiger partial charge is 0.317 e. The van der Waals surface area contributed by atoms with Crippen molar-refractivity contribution in [1.82, 2.24) is 9.80 Å². The summed E-state index contributed by atoms with van der Waals surface area (Å²) in [5, 5.41) is 11.8. The van der Waals surface area contributed by atoms with Crippen LogP contribution in [0.5, 0.6) is 0 Å². The van der Waals surface area contributed by atoms with E-state index >= 15 is 0 Å². The Labute approximate surface area is 151 Å². The van der Waals surface area contributed by atoms with Gasteiger partial charge < -0.3 is 10.4 Å². The molecular weight excluding hydrogens is 349 g/mol. The topological polar surface area (TPSA) is 72.9 Å². The van der Waals surface area contributed by atoms with E-state index in [1.54, 1.807) is 14.0 Å². The van der Waals surface area contributed by atoms with Gasteiger partial charge in [0.25, 0.3) is 0 Å². The fourth-order valence-corrected chi connectivity index (χ4v) is 3.22. The number of carboxylic acids is 1. The molecule has 1 fully saturated rings. The fraction of sp³-hybridized carbons (Fsp3) is 0.529. The molecule has 1 saturated heterocycles. The highest BCUT2D eigenvalue weighted by atomic mass is 35.5. The van der Waals surface area contributed by atoms with E-state index in [4.69, 9.17) is 16.7 Å². The Bertz CT molecular complexity index is 636. The van der Waals surface area contributed by atoms with Crippen LogP contribution in [-0.2, 0) is 9.59 Å².